The summed E-state index contributed by atoms with van der Waals surface area (Å²) in [6, 6.07) is 10.1. The zero-order valence-corrected chi connectivity index (χ0v) is 12.0. The SMILES string of the molecule is COC(=O)[C@@H]1CC[C@@H](NOCc2ccccc2)CN1C. The number of hydrogen-bond donors (Lipinski definition) is 1. The van der Waals surface area contributed by atoms with Crippen molar-refractivity contribution in [1.82, 2.24) is 10.4 Å². The average Bonchev–Trinajstić information content (AvgIpc) is 2.48. The minimum Gasteiger partial charge on any atom is -0.468 e. The number of methoxy groups -OCH3 is 1. The van der Waals surface area contributed by atoms with E-state index in [0.29, 0.717) is 6.61 Å². The number of likely N-dealkylation sites (tertiary alicyclic amines) is 1. The van der Waals surface area contributed by atoms with Gasteiger partial charge in [0.2, 0.25) is 0 Å². The third-order valence-corrected chi connectivity index (χ3v) is 3.63. The number of carbonyl (C=O) groups excluding carboxylic acids is 1. The van der Waals surface area contributed by atoms with Crippen LogP contribution in [0.25, 0.3) is 0 Å². The predicted octanol–water partition coefficient (Wildman–Crippen LogP) is 1.34. The average molecular weight is 278 g/mol. The first-order valence-corrected chi connectivity index (χ1v) is 6.90. The van der Waals surface area contributed by atoms with Gasteiger partial charge in [-0.1, -0.05) is 30.3 Å². The highest BCUT2D eigenvalue weighted by Crippen LogP contribution is 2.17. The zero-order chi connectivity index (χ0) is 14.4. The van der Waals surface area contributed by atoms with Crippen LogP contribution in [0.15, 0.2) is 30.3 Å². The maximum atomic E-state index is 11.6. The van der Waals surface area contributed by atoms with E-state index in [2.05, 4.69) is 5.48 Å². The molecule has 0 aromatic heterocycles. The van der Waals surface area contributed by atoms with Crippen molar-refractivity contribution in [3.63, 3.8) is 0 Å². The highest BCUT2D eigenvalue weighted by Gasteiger charge is 2.31. The van der Waals surface area contributed by atoms with E-state index in [0.717, 1.165) is 24.9 Å². The number of esters is 1. The summed E-state index contributed by atoms with van der Waals surface area (Å²) in [6.45, 7) is 1.32. The number of likely N-dealkylation sites (N-methyl/N-ethyl adjacent to an activating group) is 1. The summed E-state index contributed by atoms with van der Waals surface area (Å²) in [5.41, 5.74) is 4.22. The van der Waals surface area contributed by atoms with Gasteiger partial charge in [0.25, 0.3) is 0 Å². The number of nitrogens with one attached hydrogen (secondary N) is 1. The molecule has 1 N–H and O–H groups in total. The molecule has 1 saturated heterocycles. The molecule has 110 valence electrons. The van der Waals surface area contributed by atoms with E-state index in [1.807, 2.05) is 42.3 Å². The molecule has 5 nitrogen and oxygen atoms in total. The van der Waals surface area contributed by atoms with E-state index < -0.39 is 0 Å². The molecule has 0 radical (unpaired) electrons. The number of carbonyl (C=O) groups is 1. The van der Waals surface area contributed by atoms with E-state index in [1.54, 1.807) is 0 Å². The minimum absolute atomic E-state index is 0.132. The molecule has 1 aliphatic heterocycles. The number of piperidine rings is 1. The van der Waals surface area contributed by atoms with Crippen molar-refractivity contribution in [2.75, 3.05) is 20.7 Å². The van der Waals surface area contributed by atoms with Crippen molar-refractivity contribution in [1.29, 1.82) is 0 Å². The molecule has 0 saturated carbocycles. The van der Waals surface area contributed by atoms with Gasteiger partial charge in [0.15, 0.2) is 0 Å². The number of rotatable bonds is 5. The van der Waals surface area contributed by atoms with Gasteiger partial charge in [-0.2, -0.15) is 5.48 Å². The fourth-order valence-corrected chi connectivity index (χ4v) is 2.49. The Morgan fingerprint density at radius 1 is 1.35 bits per heavy atom. The second-order valence-electron chi connectivity index (χ2n) is 5.14. The molecule has 2 rings (SSSR count). The van der Waals surface area contributed by atoms with Crippen molar-refractivity contribution >= 4 is 5.97 Å². The van der Waals surface area contributed by atoms with Gasteiger partial charge in [0, 0.05) is 12.6 Å². The Balaban J connectivity index is 1.72. The molecule has 0 bridgehead atoms. The molecule has 5 heteroatoms. The standard InChI is InChI=1S/C15H22N2O3/c1-17-10-13(8-9-14(17)15(18)19-2)16-20-11-12-6-4-3-5-7-12/h3-7,13-14,16H,8-11H2,1-2H3/t13-,14+/m1/s1. The summed E-state index contributed by atoms with van der Waals surface area (Å²) >= 11 is 0. The zero-order valence-electron chi connectivity index (χ0n) is 12.0. The Morgan fingerprint density at radius 2 is 2.10 bits per heavy atom. The molecule has 0 unspecified atom stereocenters. The lowest BCUT2D eigenvalue weighted by atomic mass is 9.99. The van der Waals surface area contributed by atoms with Crippen LogP contribution < -0.4 is 5.48 Å². The van der Waals surface area contributed by atoms with Gasteiger partial charge < -0.3 is 4.74 Å². The van der Waals surface area contributed by atoms with Crippen LogP contribution in [-0.2, 0) is 21.0 Å². The van der Waals surface area contributed by atoms with Crippen LogP contribution >= 0.6 is 0 Å². The van der Waals surface area contributed by atoms with Crippen molar-refractivity contribution in [2.45, 2.75) is 31.5 Å². The Bertz CT molecular complexity index is 424. The van der Waals surface area contributed by atoms with Crippen molar-refractivity contribution < 1.29 is 14.4 Å². The van der Waals surface area contributed by atoms with Gasteiger partial charge in [0.1, 0.15) is 6.04 Å². The van der Waals surface area contributed by atoms with E-state index in [-0.39, 0.29) is 18.1 Å². The topological polar surface area (TPSA) is 50.8 Å². The Labute approximate surface area is 119 Å². The van der Waals surface area contributed by atoms with Gasteiger partial charge in [-0.25, -0.2) is 0 Å². The van der Waals surface area contributed by atoms with Gasteiger partial charge in [-0.15, -0.1) is 0 Å². The normalized spacial score (nSPS) is 23.5. The molecule has 0 aliphatic carbocycles. The fourth-order valence-electron chi connectivity index (χ4n) is 2.49. The number of hydroxylamine groups is 1. The number of hydrogen-bond acceptors (Lipinski definition) is 5. The van der Waals surface area contributed by atoms with Crippen molar-refractivity contribution in [3.8, 4) is 0 Å². The van der Waals surface area contributed by atoms with Crippen LogP contribution in [0.2, 0.25) is 0 Å². The molecular formula is C15H22N2O3. The maximum Gasteiger partial charge on any atom is 0.323 e. The van der Waals surface area contributed by atoms with Gasteiger partial charge >= 0.3 is 5.97 Å². The summed E-state index contributed by atoms with van der Waals surface area (Å²) in [6.07, 6.45) is 1.69. The Kier molecular flexibility index (Phi) is 5.52. The third kappa shape index (κ3) is 4.03. The molecule has 0 amide bonds. The van der Waals surface area contributed by atoms with Crippen LogP contribution in [0.5, 0.6) is 0 Å². The largest absolute Gasteiger partial charge is 0.468 e. The molecule has 1 aromatic rings. The van der Waals surface area contributed by atoms with E-state index in [1.165, 1.54) is 7.11 Å². The number of nitrogens with zero attached hydrogens (tertiary/aromatic N) is 1. The lowest BCUT2D eigenvalue weighted by molar-refractivity contribution is -0.148. The minimum atomic E-state index is -0.156. The first kappa shape index (κ1) is 15.0. The van der Waals surface area contributed by atoms with Gasteiger partial charge in [0.05, 0.1) is 13.7 Å². The molecule has 0 spiro atoms. The van der Waals surface area contributed by atoms with E-state index in [9.17, 15) is 4.79 Å². The predicted molar refractivity (Wildman–Crippen MR) is 75.8 cm³/mol. The summed E-state index contributed by atoms with van der Waals surface area (Å²) in [4.78, 5) is 19.1. The van der Waals surface area contributed by atoms with E-state index in [4.69, 9.17) is 9.57 Å². The first-order chi connectivity index (χ1) is 9.70. The second-order valence-corrected chi connectivity index (χ2v) is 5.14. The Morgan fingerprint density at radius 3 is 2.75 bits per heavy atom. The Hall–Kier alpha value is -1.43. The number of ether oxygens (including phenoxy) is 1. The lowest BCUT2D eigenvalue weighted by Crippen LogP contribution is -2.51. The van der Waals surface area contributed by atoms with Crippen LogP contribution in [0, 0.1) is 0 Å². The summed E-state index contributed by atoms with van der Waals surface area (Å²) in [5.74, 6) is -0.156. The smallest absolute Gasteiger partial charge is 0.323 e. The van der Waals surface area contributed by atoms with E-state index >= 15 is 0 Å². The third-order valence-electron chi connectivity index (χ3n) is 3.63. The highest BCUT2D eigenvalue weighted by molar-refractivity contribution is 5.75. The second kappa shape index (κ2) is 7.38. The molecule has 1 aromatic carbocycles. The summed E-state index contributed by atoms with van der Waals surface area (Å²) in [7, 11) is 3.37. The van der Waals surface area contributed by atoms with Crippen LogP contribution in [0.1, 0.15) is 18.4 Å². The number of benzene rings is 1. The summed E-state index contributed by atoms with van der Waals surface area (Å²) < 4.78 is 4.80. The first-order valence-electron chi connectivity index (χ1n) is 6.90. The monoisotopic (exact) mass is 278 g/mol. The molecule has 2 atom stereocenters. The van der Waals surface area contributed by atoms with Crippen LogP contribution in [0.3, 0.4) is 0 Å². The molecule has 20 heavy (non-hydrogen) atoms. The molecular weight excluding hydrogens is 256 g/mol. The maximum absolute atomic E-state index is 11.6. The van der Waals surface area contributed by atoms with Crippen molar-refractivity contribution in [2.24, 2.45) is 0 Å². The van der Waals surface area contributed by atoms with Crippen molar-refractivity contribution in [3.05, 3.63) is 35.9 Å². The van der Waals surface area contributed by atoms with Crippen LogP contribution in [-0.4, -0.2) is 43.7 Å². The van der Waals surface area contributed by atoms with Gasteiger partial charge in [-0.05, 0) is 25.5 Å². The molecule has 1 aliphatic rings. The highest BCUT2D eigenvalue weighted by atomic mass is 16.6. The van der Waals surface area contributed by atoms with Gasteiger partial charge in [-0.3, -0.25) is 14.5 Å². The quantitative estimate of drug-likeness (QED) is 0.651. The molecule has 1 heterocycles. The summed E-state index contributed by atoms with van der Waals surface area (Å²) in [5, 5.41) is 0. The fraction of sp³-hybridized carbons (Fsp3) is 0.533. The lowest BCUT2D eigenvalue weighted by Gasteiger charge is -2.35. The molecule has 1 fully saturated rings. The van der Waals surface area contributed by atoms with Crippen LogP contribution in [0.4, 0.5) is 0 Å².